The first-order chi connectivity index (χ1) is 9.43. The van der Waals surface area contributed by atoms with Gasteiger partial charge in [0.15, 0.2) is 0 Å². The van der Waals surface area contributed by atoms with E-state index in [0.29, 0.717) is 26.2 Å². The van der Waals surface area contributed by atoms with Crippen LogP contribution in [0, 0.1) is 0 Å². The Labute approximate surface area is 116 Å². The first-order valence-corrected chi connectivity index (χ1v) is 6.31. The van der Waals surface area contributed by atoms with E-state index in [0.717, 1.165) is 0 Å². The summed E-state index contributed by atoms with van der Waals surface area (Å²) in [5, 5.41) is 22.6. The minimum absolute atomic E-state index is 0.00000682. The molecule has 1 saturated heterocycles. The summed E-state index contributed by atoms with van der Waals surface area (Å²) in [6, 6.07) is -1.16. The van der Waals surface area contributed by atoms with Crippen LogP contribution < -0.4 is 10.6 Å². The number of hydrogen-bond donors (Lipinski definition) is 4. The predicted molar refractivity (Wildman–Crippen MR) is 69.5 cm³/mol. The number of carbonyl (C=O) groups is 3. The topological polar surface area (TPSA) is 122 Å². The number of aliphatic carboxylic acids is 2. The van der Waals surface area contributed by atoms with Crippen molar-refractivity contribution in [3.05, 3.63) is 0 Å². The Morgan fingerprint density at radius 2 is 1.75 bits per heavy atom. The smallest absolute Gasteiger partial charge is 0.322 e. The van der Waals surface area contributed by atoms with E-state index in [9.17, 15) is 14.4 Å². The fourth-order valence-electron chi connectivity index (χ4n) is 1.91. The van der Waals surface area contributed by atoms with Gasteiger partial charge in [0.25, 0.3) is 0 Å². The van der Waals surface area contributed by atoms with Gasteiger partial charge in [0.1, 0.15) is 6.04 Å². The van der Waals surface area contributed by atoms with Gasteiger partial charge in [0.2, 0.25) is 0 Å². The number of rotatable bonds is 6. The maximum Gasteiger partial charge on any atom is 0.322 e. The molecule has 2 amide bonds. The first-order valence-electron chi connectivity index (χ1n) is 6.31. The summed E-state index contributed by atoms with van der Waals surface area (Å²) in [5.41, 5.74) is 0. The Kier molecular flexibility index (Phi) is 6.19. The van der Waals surface area contributed by atoms with E-state index in [-0.39, 0.29) is 19.1 Å². The molecule has 0 bridgehead atoms. The third kappa shape index (κ3) is 5.02. The molecule has 4 N–H and O–H groups in total. The molecule has 1 heterocycles. The molecule has 0 saturated carbocycles. The molecule has 1 atom stereocenters. The van der Waals surface area contributed by atoms with Crippen LogP contribution in [0.25, 0.3) is 0 Å². The maximum atomic E-state index is 11.8. The summed E-state index contributed by atoms with van der Waals surface area (Å²) in [4.78, 5) is 36.5. The van der Waals surface area contributed by atoms with Crippen molar-refractivity contribution in [2.45, 2.75) is 6.04 Å². The summed E-state index contributed by atoms with van der Waals surface area (Å²) in [6.45, 7) is 1.81. The van der Waals surface area contributed by atoms with Gasteiger partial charge in [-0.3, -0.25) is 14.5 Å². The second-order valence-electron chi connectivity index (χ2n) is 4.52. The van der Waals surface area contributed by atoms with Gasteiger partial charge in [-0.25, -0.2) is 4.79 Å². The van der Waals surface area contributed by atoms with Crippen LogP contribution in [-0.2, 0) is 9.59 Å². The fourth-order valence-corrected chi connectivity index (χ4v) is 1.91. The number of urea groups is 1. The van der Waals surface area contributed by atoms with E-state index in [4.69, 9.17) is 10.2 Å². The number of carboxylic acids is 2. The van der Waals surface area contributed by atoms with Gasteiger partial charge in [-0.05, 0) is 7.05 Å². The van der Waals surface area contributed by atoms with E-state index in [2.05, 4.69) is 10.6 Å². The molecule has 0 spiro atoms. The quantitative estimate of drug-likeness (QED) is 0.449. The Morgan fingerprint density at radius 3 is 2.20 bits per heavy atom. The van der Waals surface area contributed by atoms with Crippen LogP contribution in [0.2, 0.25) is 0 Å². The zero-order valence-corrected chi connectivity index (χ0v) is 11.3. The lowest BCUT2D eigenvalue weighted by Crippen LogP contribution is -2.54. The zero-order chi connectivity index (χ0) is 15.1. The molecule has 1 aliphatic heterocycles. The number of nitrogens with one attached hydrogen (secondary N) is 2. The number of piperazine rings is 1. The molecule has 1 aliphatic rings. The zero-order valence-electron chi connectivity index (χ0n) is 11.3. The number of amides is 2. The summed E-state index contributed by atoms with van der Waals surface area (Å²) in [6.07, 6.45) is 0. The highest BCUT2D eigenvalue weighted by molar-refractivity contribution is 5.77. The summed E-state index contributed by atoms with van der Waals surface area (Å²) in [7, 11) is 1.51. The molecule has 1 unspecified atom stereocenters. The molecule has 9 heteroatoms. The van der Waals surface area contributed by atoms with E-state index >= 15 is 0 Å². The van der Waals surface area contributed by atoms with Crippen molar-refractivity contribution in [2.75, 3.05) is 46.3 Å². The maximum absolute atomic E-state index is 11.8. The van der Waals surface area contributed by atoms with Crippen LogP contribution in [-0.4, -0.2) is 90.3 Å². The molecule has 0 radical (unpaired) electrons. The Hall–Kier alpha value is -1.87. The summed E-state index contributed by atoms with van der Waals surface area (Å²) < 4.78 is 0. The predicted octanol–water partition coefficient (Wildman–Crippen LogP) is -1.93. The average Bonchev–Trinajstić information content (AvgIpc) is 2.39. The summed E-state index contributed by atoms with van der Waals surface area (Å²) in [5.74, 6) is -1.92. The lowest BCUT2D eigenvalue weighted by Gasteiger charge is -2.33. The molecule has 0 aromatic carbocycles. The van der Waals surface area contributed by atoms with Crippen molar-refractivity contribution in [1.29, 1.82) is 0 Å². The fraction of sp³-hybridized carbons (Fsp3) is 0.727. The molecule has 0 aromatic heterocycles. The number of hydrogen-bond acceptors (Lipinski definition) is 5. The van der Waals surface area contributed by atoms with Crippen LogP contribution in [0.4, 0.5) is 4.79 Å². The molecular weight excluding hydrogens is 268 g/mol. The highest BCUT2D eigenvalue weighted by atomic mass is 16.4. The third-order valence-electron chi connectivity index (χ3n) is 3.12. The van der Waals surface area contributed by atoms with Crippen LogP contribution >= 0.6 is 0 Å². The minimum atomic E-state index is -1.03. The van der Waals surface area contributed by atoms with Gasteiger partial charge in [-0.2, -0.15) is 0 Å². The number of likely N-dealkylation sites (N-methyl/N-ethyl adjacent to an activating group) is 1. The van der Waals surface area contributed by atoms with Crippen LogP contribution in [0.15, 0.2) is 0 Å². The molecular formula is C11H20N4O5. The summed E-state index contributed by atoms with van der Waals surface area (Å²) >= 11 is 0. The second-order valence-corrected chi connectivity index (χ2v) is 4.52. The Morgan fingerprint density at radius 1 is 1.15 bits per heavy atom. The SMILES string of the molecule is CNC(CNC(=O)N1CCN(CC(=O)O)CC1)C(=O)O. The van der Waals surface area contributed by atoms with Crippen molar-refractivity contribution >= 4 is 18.0 Å². The molecule has 1 rings (SSSR count). The standard InChI is InChI=1S/C11H20N4O5/c1-12-8(10(18)19)6-13-11(20)15-4-2-14(3-5-15)7-9(16)17/h8,12H,2-7H2,1H3,(H,13,20)(H,16,17)(H,18,19). The van der Waals surface area contributed by atoms with Crippen molar-refractivity contribution in [1.82, 2.24) is 20.4 Å². The normalized spacial score (nSPS) is 17.6. The molecule has 20 heavy (non-hydrogen) atoms. The first kappa shape index (κ1) is 16.2. The van der Waals surface area contributed by atoms with Gasteiger partial charge in [-0.15, -0.1) is 0 Å². The van der Waals surface area contributed by atoms with Gasteiger partial charge in [0.05, 0.1) is 6.54 Å². The van der Waals surface area contributed by atoms with E-state index in [1.165, 1.54) is 7.05 Å². The average molecular weight is 288 g/mol. The van der Waals surface area contributed by atoms with E-state index < -0.39 is 18.0 Å². The highest BCUT2D eigenvalue weighted by Gasteiger charge is 2.23. The van der Waals surface area contributed by atoms with Crippen molar-refractivity contribution in [3.63, 3.8) is 0 Å². The monoisotopic (exact) mass is 288 g/mol. The van der Waals surface area contributed by atoms with E-state index in [1.54, 1.807) is 9.80 Å². The Balaban J connectivity index is 2.32. The van der Waals surface area contributed by atoms with Crippen molar-refractivity contribution in [2.24, 2.45) is 0 Å². The lowest BCUT2D eigenvalue weighted by molar-refractivity contribution is -0.139. The van der Waals surface area contributed by atoms with E-state index in [1.807, 2.05) is 0 Å². The van der Waals surface area contributed by atoms with Crippen LogP contribution in [0.5, 0.6) is 0 Å². The van der Waals surface area contributed by atoms with Gasteiger partial charge in [-0.1, -0.05) is 0 Å². The minimum Gasteiger partial charge on any atom is -0.480 e. The molecule has 0 aromatic rings. The molecule has 9 nitrogen and oxygen atoms in total. The molecule has 0 aliphatic carbocycles. The van der Waals surface area contributed by atoms with Gasteiger partial charge < -0.3 is 25.7 Å². The molecule has 1 fully saturated rings. The number of carbonyl (C=O) groups excluding carboxylic acids is 1. The third-order valence-corrected chi connectivity index (χ3v) is 3.12. The van der Waals surface area contributed by atoms with Gasteiger partial charge >= 0.3 is 18.0 Å². The van der Waals surface area contributed by atoms with Crippen molar-refractivity contribution < 1.29 is 24.6 Å². The number of nitrogens with zero attached hydrogens (tertiary/aromatic N) is 2. The second kappa shape index (κ2) is 7.65. The number of carboxylic acid groups (broad SMARTS) is 2. The molecule has 114 valence electrons. The van der Waals surface area contributed by atoms with Crippen molar-refractivity contribution in [3.8, 4) is 0 Å². The van der Waals surface area contributed by atoms with Crippen LogP contribution in [0.1, 0.15) is 0 Å². The van der Waals surface area contributed by atoms with Gasteiger partial charge in [0, 0.05) is 32.7 Å². The highest BCUT2D eigenvalue weighted by Crippen LogP contribution is 2.01. The Bertz CT molecular complexity index is 368. The lowest BCUT2D eigenvalue weighted by atomic mass is 10.3. The largest absolute Gasteiger partial charge is 0.480 e. The van der Waals surface area contributed by atoms with Crippen LogP contribution in [0.3, 0.4) is 0 Å².